The zero-order valence-electron chi connectivity index (χ0n) is 5.80. The van der Waals surface area contributed by atoms with Crippen LogP contribution in [0.4, 0.5) is 4.79 Å². The van der Waals surface area contributed by atoms with Crippen LogP contribution in [0.2, 0.25) is 0 Å². The number of nitrogens with zero attached hydrogens (tertiary/aromatic N) is 1. The van der Waals surface area contributed by atoms with E-state index < -0.39 is 6.03 Å². The van der Waals surface area contributed by atoms with E-state index in [-0.39, 0.29) is 0 Å². The first kappa shape index (κ1) is 8.07. The molecule has 60 valence electrons. The van der Waals surface area contributed by atoms with Gasteiger partial charge in [-0.25, -0.2) is 10.2 Å². The molecule has 0 saturated heterocycles. The minimum Gasteiger partial charge on any atom is -0.350 e. The Hall–Kier alpha value is -1.03. The van der Waals surface area contributed by atoms with Gasteiger partial charge in [0.2, 0.25) is 0 Å². The fraction of sp³-hybridized carbons (Fsp3) is 0.333. The average Bonchev–Trinajstić information content (AvgIpc) is 2.31. The Morgan fingerprint density at radius 3 is 3.00 bits per heavy atom. The van der Waals surface area contributed by atoms with E-state index in [0.29, 0.717) is 10.7 Å². The summed E-state index contributed by atoms with van der Waals surface area (Å²) in [5.74, 6) is 0. The van der Waals surface area contributed by atoms with Gasteiger partial charge < -0.3 is 5.73 Å². The summed E-state index contributed by atoms with van der Waals surface area (Å²) in [5.41, 5.74) is 7.60. The van der Waals surface area contributed by atoms with Crippen LogP contribution in [0, 0.1) is 0 Å². The lowest BCUT2D eigenvalue weighted by Gasteiger charge is -1.95. The molecule has 1 aliphatic carbocycles. The molecule has 3 N–H and O–H groups in total. The van der Waals surface area contributed by atoms with E-state index in [1.54, 1.807) is 0 Å². The molecule has 11 heavy (non-hydrogen) atoms. The molecule has 5 heteroatoms. The van der Waals surface area contributed by atoms with E-state index in [1.807, 2.05) is 6.08 Å². The number of carbonyl (C=O) groups is 1. The van der Waals surface area contributed by atoms with Crippen LogP contribution >= 0.6 is 11.6 Å². The average molecular weight is 174 g/mol. The van der Waals surface area contributed by atoms with E-state index in [0.717, 1.165) is 12.8 Å². The number of hydrogen-bond acceptors (Lipinski definition) is 2. The molecular weight excluding hydrogens is 166 g/mol. The summed E-state index contributed by atoms with van der Waals surface area (Å²) >= 11 is 5.70. The van der Waals surface area contributed by atoms with Gasteiger partial charge in [0, 0.05) is 0 Å². The first-order valence-electron chi connectivity index (χ1n) is 3.18. The van der Waals surface area contributed by atoms with Crippen LogP contribution in [0.1, 0.15) is 12.8 Å². The van der Waals surface area contributed by atoms with E-state index >= 15 is 0 Å². The van der Waals surface area contributed by atoms with Gasteiger partial charge >= 0.3 is 6.03 Å². The van der Waals surface area contributed by atoms with Crippen LogP contribution in [-0.2, 0) is 0 Å². The standard InChI is InChI=1S/C6H8ClN3O/c7-4-2-1-3-5(4)9-10-6(8)11/h2H,1,3H2,(H3,8,10,11)/b9-5-. The maximum absolute atomic E-state index is 10.2. The molecule has 2 amide bonds. The first-order chi connectivity index (χ1) is 5.20. The minimum atomic E-state index is -0.672. The Kier molecular flexibility index (Phi) is 2.48. The van der Waals surface area contributed by atoms with Gasteiger partial charge in [-0.05, 0) is 12.8 Å². The van der Waals surface area contributed by atoms with Gasteiger partial charge in [-0.3, -0.25) is 0 Å². The summed E-state index contributed by atoms with van der Waals surface area (Å²) in [6.07, 6.45) is 3.49. The molecule has 0 spiro atoms. The Bertz CT molecular complexity index is 234. The Morgan fingerprint density at radius 1 is 1.82 bits per heavy atom. The van der Waals surface area contributed by atoms with Crippen LogP contribution in [0.3, 0.4) is 0 Å². The summed E-state index contributed by atoms with van der Waals surface area (Å²) in [6, 6.07) is -0.672. The molecule has 0 aromatic carbocycles. The van der Waals surface area contributed by atoms with Crippen molar-refractivity contribution < 1.29 is 4.79 Å². The molecule has 0 aromatic heterocycles. The number of hydrazone groups is 1. The summed E-state index contributed by atoms with van der Waals surface area (Å²) in [7, 11) is 0. The summed E-state index contributed by atoms with van der Waals surface area (Å²) in [5, 5.41) is 4.29. The zero-order valence-corrected chi connectivity index (χ0v) is 6.56. The Labute approximate surface area is 69.1 Å². The van der Waals surface area contributed by atoms with Gasteiger partial charge in [0.05, 0.1) is 10.7 Å². The lowest BCUT2D eigenvalue weighted by atomic mass is 10.3. The van der Waals surface area contributed by atoms with Gasteiger partial charge in [0.1, 0.15) is 0 Å². The van der Waals surface area contributed by atoms with Crippen molar-refractivity contribution in [3.05, 3.63) is 11.1 Å². The van der Waals surface area contributed by atoms with Gasteiger partial charge in [0.25, 0.3) is 0 Å². The van der Waals surface area contributed by atoms with Crippen molar-refractivity contribution >= 4 is 23.3 Å². The molecule has 4 nitrogen and oxygen atoms in total. The third kappa shape index (κ3) is 2.23. The van der Waals surface area contributed by atoms with Crippen molar-refractivity contribution in [2.24, 2.45) is 10.8 Å². The summed E-state index contributed by atoms with van der Waals surface area (Å²) < 4.78 is 0. The van der Waals surface area contributed by atoms with Gasteiger partial charge in [-0.15, -0.1) is 0 Å². The highest BCUT2D eigenvalue weighted by Gasteiger charge is 2.10. The second-order valence-corrected chi connectivity index (χ2v) is 2.53. The lowest BCUT2D eigenvalue weighted by molar-refractivity contribution is 0.249. The molecule has 0 bridgehead atoms. The highest BCUT2D eigenvalue weighted by Crippen LogP contribution is 2.17. The van der Waals surface area contributed by atoms with E-state index in [9.17, 15) is 4.79 Å². The predicted molar refractivity (Wildman–Crippen MR) is 43.3 cm³/mol. The predicted octanol–water partition coefficient (Wildman–Crippen LogP) is 0.927. The van der Waals surface area contributed by atoms with E-state index in [4.69, 9.17) is 17.3 Å². The first-order valence-corrected chi connectivity index (χ1v) is 3.56. The third-order valence-electron chi connectivity index (χ3n) is 1.28. The van der Waals surface area contributed by atoms with Crippen LogP contribution in [0.25, 0.3) is 0 Å². The van der Waals surface area contributed by atoms with Gasteiger partial charge in [0.15, 0.2) is 0 Å². The molecule has 0 heterocycles. The second-order valence-electron chi connectivity index (χ2n) is 2.13. The maximum Gasteiger partial charge on any atom is 0.332 e. The summed E-state index contributed by atoms with van der Waals surface area (Å²) in [4.78, 5) is 10.2. The highest BCUT2D eigenvalue weighted by molar-refractivity contribution is 6.44. The van der Waals surface area contributed by atoms with Crippen LogP contribution in [-0.4, -0.2) is 11.7 Å². The fourth-order valence-electron chi connectivity index (χ4n) is 0.805. The number of hydrogen-bond donors (Lipinski definition) is 2. The third-order valence-corrected chi connectivity index (χ3v) is 1.65. The lowest BCUT2D eigenvalue weighted by Crippen LogP contribution is -2.25. The molecule has 0 atom stereocenters. The fourth-order valence-corrected chi connectivity index (χ4v) is 1.05. The molecule has 0 aliphatic heterocycles. The zero-order chi connectivity index (χ0) is 8.27. The summed E-state index contributed by atoms with van der Waals surface area (Å²) in [6.45, 7) is 0. The Balaban J connectivity index is 2.54. The number of nitrogens with two attached hydrogens (primary N) is 1. The van der Waals surface area contributed by atoms with Crippen molar-refractivity contribution in [2.75, 3.05) is 0 Å². The van der Waals surface area contributed by atoms with Gasteiger partial charge in [-0.2, -0.15) is 5.10 Å². The molecule has 0 unspecified atom stereocenters. The van der Waals surface area contributed by atoms with Crippen LogP contribution in [0.15, 0.2) is 16.2 Å². The number of allylic oxidation sites excluding steroid dienone is 2. The topological polar surface area (TPSA) is 67.5 Å². The maximum atomic E-state index is 10.2. The monoisotopic (exact) mass is 173 g/mol. The largest absolute Gasteiger partial charge is 0.350 e. The van der Waals surface area contributed by atoms with Crippen LogP contribution < -0.4 is 11.2 Å². The molecule has 0 fully saturated rings. The normalized spacial score (nSPS) is 20.1. The highest BCUT2D eigenvalue weighted by atomic mass is 35.5. The van der Waals surface area contributed by atoms with E-state index in [1.165, 1.54) is 0 Å². The smallest absolute Gasteiger partial charge is 0.332 e. The number of amides is 2. The Morgan fingerprint density at radius 2 is 2.55 bits per heavy atom. The minimum absolute atomic E-state index is 0.596. The van der Waals surface area contributed by atoms with E-state index in [2.05, 4.69) is 10.5 Å². The molecule has 0 aromatic rings. The number of nitrogens with one attached hydrogen (secondary N) is 1. The van der Waals surface area contributed by atoms with Gasteiger partial charge in [-0.1, -0.05) is 17.7 Å². The quantitative estimate of drug-likeness (QED) is 0.569. The molecule has 0 saturated carbocycles. The number of primary amides is 1. The van der Waals surface area contributed by atoms with Crippen molar-refractivity contribution in [3.63, 3.8) is 0 Å². The second kappa shape index (κ2) is 3.39. The molecular formula is C6H8ClN3O. The van der Waals surface area contributed by atoms with Crippen molar-refractivity contribution in [3.8, 4) is 0 Å². The molecule has 0 radical (unpaired) electrons. The SMILES string of the molecule is NC(=O)N/N=C1/CCC=C1Cl. The number of halogens is 1. The van der Waals surface area contributed by atoms with Crippen molar-refractivity contribution in [1.82, 2.24) is 5.43 Å². The number of rotatable bonds is 1. The number of urea groups is 1. The molecule has 1 rings (SSSR count). The van der Waals surface area contributed by atoms with Crippen LogP contribution in [0.5, 0.6) is 0 Å². The van der Waals surface area contributed by atoms with Crippen molar-refractivity contribution in [2.45, 2.75) is 12.8 Å². The van der Waals surface area contributed by atoms with Crippen molar-refractivity contribution in [1.29, 1.82) is 0 Å². The molecule has 1 aliphatic rings. The number of carbonyl (C=O) groups excluding carboxylic acids is 1.